The van der Waals surface area contributed by atoms with E-state index in [9.17, 15) is 4.79 Å². The Bertz CT molecular complexity index is 315. The van der Waals surface area contributed by atoms with E-state index in [-0.39, 0.29) is 17.4 Å². The van der Waals surface area contributed by atoms with Crippen molar-refractivity contribution >= 4 is 5.91 Å². The number of hydrogen-bond acceptors (Lipinski definition) is 2. The molecule has 3 nitrogen and oxygen atoms in total. The quantitative estimate of drug-likeness (QED) is 0.861. The maximum Gasteiger partial charge on any atom is 0.224 e. The van der Waals surface area contributed by atoms with Crippen LogP contribution < -0.4 is 5.32 Å². The highest BCUT2D eigenvalue weighted by atomic mass is 16.2. The first kappa shape index (κ1) is 15.8. The van der Waals surface area contributed by atoms with Gasteiger partial charge >= 0.3 is 0 Å². The van der Waals surface area contributed by atoms with Crippen molar-refractivity contribution in [3.8, 4) is 0 Å². The van der Waals surface area contributed by atoms with Gasteiger partial charge in [0, 0.05) is 18.6 Å². The number of rotatable bonds is 3. The van der Waals surface area contributed by atoms with Crippen LogP contribution >= 0.6 is 0 Å². The van der Waals surface area contributed by atoms with Crippen LogP contribution in [0.25, 0.3) is 0 Å². The summed E-state index contributed by atoms with van der Waals surface area (Å²) in [6, 6.07) is 0. The van der Waals surface area contributed by atoms with Gasteiger partial charge in [0.2, 0.25) is 5.91 Å². The van der Waals surface area contributed by atoms with E-state index in [0.29, 0.717) is 0 Å². The summed E-state index contributed by atoms with van der Waals surface area (Å²) >= 11 is 0. The molecule has 0 spiro atoms. The van der Waals surface area contributed by atoms with E-state index in [4.69, 9.17) is 0 Å². The average molecular weight is 280 g/mol. The second-order valence-electron chi connectivity index (χ2n) is 7.84. The van der Waals surface area contributed by atoms with E-state index < -0.39 is 0 Å². The molecule has 1 aliphatic heterocycles. The standard InChI is InChI=1S/C17H32N2O/c1-17(2,3)18-16(20)15-10-7-11-19(13-15)12-14-8-5-4-6-9-14/h14-15H,4-13H2,1-3H3,(H,18,20). The highest BCUT2D eigenvalue weighted by Crippen LogP contribution is 2.26. The Morgan fingerprint density at radius 2 is 1.80 bits per heavy atom. The number of likely N-dealkylation sites (tertiary alicyclic amines) is 1. The lowest BCUT2D eigenvalue weighted by Gasteiger charge is -2.36. The Morgan fingerprint density at radius 3 is 2.45 bits per heavy atom. The lowest BCUT2D eigenvalue weighted by atomic mass is 9.87. The molecule has 1 unspecified atom stereocenters. The Morgan fingerprint density at radius 1 is 1.10 bits per heavy atom. The molecule has 1 heterocycles. The van der Waals surface area contributed by atoms with Crippen molar-refractivity contribution in [1.29, 1.82) is 0 Å². The second-order valence-corrected chi connectivity index (χ2v) is 7.84. The van der Waals surface area contributed by atoms with Crippen molar-refractivity contribution in [3.05, 3.63) is 0 Å². The third-order valence-corrected chi connectivity index (χ3v) is 4.62. The molecule has 2 rings (SSSR count). The number of amides is 1. The molecule has 1 saturated carbocycles. The van der Waals surface area contributed by atoms with Crippen LogP contribution in [0.15, 0.2) is 0 Å². The van der Waals surface area contributed by atoms with Crippen LogP contribution in [0.3, 0.4) is 0 Å². The van der Waals surface area contributed by atoms with Crippen LogP contribution in [0.2, 0.25) is 0 Å². The molecule has 2 aliphatic rings. The SMILES string of the molecule is CC(C)(C)NC(=O)C1CCCN(CC2CCCCC2)C1. The predicted molar refractivity (Wildman–Crippen MR) is 83.6 cm³/mol. The van der Waals surface area contributed by atoms with Gasteiger partial charge < -0.3 is 10.2 Å². The number of piperidine rings is 1. The summed E-state index contributed by atoms with van der Waals surface area (Å²) < 4.78 is 0. The summed E-state index contributed by atoms with van der Waals surface area (Å²) in [6.07, 6.45) is 9.27. The summed E-state index contributed by atoms with van der Waals surface area (Å²) in [5, 5.41) is 3.15. The molecule has 1 amide bonds. The van der Waals surface area contributed by atoms with E-state index in [1.54, 1.807) is 0 Å². The normalized spacial score (nSPS) is 26.4. The zero-order valence-electron chi connectivity index (χ0n) is 13.6. The van der Waals surface area contributed by atoms with E-state index in [1.807, 2.05) is 0 Å². The van der Waals surface area contributed by atoms with Crippen molar-refractivity contribution in [2.45, 2.75) is 71.3 Å². The molecule has 116 valence electrons. The minimum absolute atomic E-state index is 0.108. The fourth-order valence-corrected chi connectivity index (χ4v) is 3.64. The zero-order chi connectivity index (χ0) is 14.6. The van der Waals surface area contributed by atoms with Crippen molar-refractivity contribution in [1.82, 2.24) is 10.2 Å². The van der Waals surface area contributed by atoms with Crippen molar-refractivity contribution < 1.29 is 4.79 Å². The number of nitrogens with one attached hydrogen (secondary N) is 1. The van der Waals surface area contributed by atoms with Crippen molar-refractivity contribution in [3.63, 3.8) is 0 Å². The molecule has 0 aromatic carbocycles. The topological polar surface area (TPSA) is 32.3 Å². The molecule has 2 fully saturated rings. The Balaban J connectivity index is 1.80. The first-order chi connectivity index (χ1) is 9.44. The molecule has 1 N–H and O–H groups in total. The largest absolute Gasteiger partial charge is 0.351 e. The van der Waals surface area contributed by atoms with Crippen LogP contribution in [-0.4, -0.2) is 36.0 Å². The number of carbonyl (C=O) groups is 1. The van der Waals surface area contributed by atoms with Crippen LogP contribution in [0.1, 0.15) is 65.7 Å². The van der Waals surface area contributed by atoms with E-state index in [2.05, 4.69) is 31.0 Å². The first-order valence-electron chi connectivity index (χ1n) is 8.48. The van der Waals surface area contributed by atoms with Gasteiger partial charge in [-0.25, -0.2) is 0 Å². The summed E-state index contributed by atoms with van der Waals surface area (Å²) in [4.78, 5) is 14.9. The summed E-state index contributed by atoms with van der Waals surface area (Å²) in [7, 11) is 0. The minimum atomic E-state index is -0.108. The first-order valence-corrected chi connectivity index (χ1v) is 8.48. The Kier molecular flexibility index (Phi) is 5.48. The number of carbonyl (C=O) groups excluding carboxylic acids is 1. The van der Waals surface area contributed by atoms with Crippen LogP contribution in [0, 0.1) is 11.8 Å². The van der Waals surface area contributed by atoms with Gasteiger partial charge in [0.1, 0.15) is 0 Å². The molecule has 3 heteroatoms. The van der Waals surface area contributed by atoms with Crippen LogP contribution in [0.4, 0.5) is 0 Å². The average Bonchev–Trinajstić information content (AvgIpc) is 2.38. The van der Waals surface area contributed by atoms with Crippen molar-refractivity contribution in [2.24, 2.45) is 11.8 Å². The van der Waals surface area contributed by atoms with Crippen molar-refractivity contribution in [2.75, 3.05) is 19.6 Å². The molecule has 1 atom stereocenters. The zero-order valence-corrected chi connectivity index (χ0v) is 13.6. The summed E-state index contributed by atoms with van der Waals surface area (Å²) in [5.74, 6) is 1.34. The third-order valence-electron chi connectivity index (χ3n) is 4.62. The van der Waals surface area contributed by atoms with Gasteiger partial charge in [0.25, 0.3) is 0 Å². The molecule has 0 bridgehead atoms. The summed E-state index contributed by atoms with van der Waals surface area (Å²) in [6.45, 7) is 9.57. The van der Waals surface area contributed by atoms with Gasteiger partial charge in [0.05, 0.1) is 5.92 Å². The molecule has 0 aromatic heterocycles. The van der Waals surface area contributed by atoms with E-state index in [1.165, 1.54) is 51.6 Å². The smallest absolute Gasteiger partial charge is 0.224 e. The highest BCUT2D eigenvalue weighted by molar-refractivity contribution is 5.79. The highest BCUT2D eigenvalue weighted by Gasteiger charge is 2.29. The lowest BCUT2D eigenvalue weighted by molar-refractivity contribution is -0.128. The number of hydrogen-bond donors (Lipinski definition) is 1. The molecule has 0 radical (unpaired) electrons. The fourth-order valence-electron chi connectivity index (χ4n) is 3.64. The Labute approximate surface area is 124 Å². The molecular formula is C17H32N2O. The van der Waals surface area contributed by atoms with Gasteiger partial charge in [-0.1, -0.05) is 19.3 Å². The molecule has 0 aromatic rings. The van der Waals surface area contributed by atoms with E-state index >= 15 is 0 Å². The third kappa shape index (κ3) is 5.08. The van der Waals surface area contributed by atoms with Gasteiger partial charge in [0.15, 0.2) is 0 Å². The van der Waals surface area contributed by atoms with Gasteiger partial charge in [-0.05, 0) is 58.9 Å². The molecule has 20 heavy (non-hydrogen) atoms. The van der Waals surface area contributed by atoms with Gasteiger partial charge in [-0.15, -0.1) is 0 Å². The maximum atomic E-state index is 12.3. The fraction of sp³-hybridized carbons (Fsp3) is 0.941. The van der Waals surface area contributed by atoms with Crippen LogP contribution in [0.5, 0.6) is 0 Å². The second kappa shape index (κ2) is 6.93. The molecular weight excluding hydrogens is 248 g/mol. The van der Waals surface area contributed by atoms with Crippen LogP contribution in [-0.2, 0) is 4.79 Å². The monoisotopic (exact) mass is 280 g/mol. The Hall–Kier alpha value is -0.570. The summed E-state index contributed by atoms with van der Waals surface area (Å²) in [5.41, 5.74) is -0.108. The minimum Gasteiger partial charge on any atom is -0.351 e. The molecule has 1 saturated heterocycles. The van der Waals surface area contributed by atoms with Gasteiger partial charge in [-0.3, -0.25) is 4.79 Å². The molecule has 1 aliphatic carbocycles. The van der Waals surface area contributed by atoms with Gasteiger partial charge in [-0.2, -0.15) is 0 Å². The predicted octanol–water partition coefficient (Wildman–Crippen LogP) is 3.19. The number of nitrogens with zero attached hydrogens (tertiary/aromatic N) is 1. The maximum absolute atomic E-state index is 12.3. The van der Waals surface area contributed by atoms with E-state index in [0.717, 1.165) is 18.9 Å². The lowest BCUT2D eigenvalue weighted by Crippen LogP contribution is -2.49.